The molecule has 2 aromatic rings. The summed E-state index contributed by atoms with van der Waals surface area (Å²) in [5, 5.41) is 11.2. The molecule has 1 aliphatic rings. The molecule has 0 aromatic heterocycles. The summed E-state index contributed by atoms with van der Waals surface area (Å²) in [6.45, 7) is 7.75. The quantitative estimate of drug-likeness (QED) is 0.185. The van der Waals surface area contributed by atoms with E-state index in [0.717, 1.165) is 12.8 Å². The van der Waals surface area contributed by atoms with Crippen LogP contribution in [0.3, 0.4) is 0 Å². The average molecular weight is 498 g/mol. The van der Waals surface area contributed by atoms with Crippen molar-refractivity contribution in [2.45, 2.75) is 39.7 Å². The highest BCUT2D eigenvalue weighted by molar-refractivity contribution is 6.46. The summed E-state index contributed by atoms with van der Waals surface area (Å²) in [6, 6.07) is 11.3. The fourth-order valence-electron chi connectivity index (χ4n) is 4.09. The molecule has 1 aliphatic heterocycles. The Hall–Kier alpha value is -3.52. The largest absolute Gasteiger partial charge is 0.507 e. The Morgan fingerprint density at radius 3 is 2.28 bits per heavy atom. The number of carbonyl (C=O) groups is 2. The van der Waals surface area contributed by atoms with E-state index in [0.29, 0.717) is 48.2 Å². The molecular weight excluding hydrogens is 462 g/mol. The van der Waals surface area contributed by atoms with E-state index < -0.39 is 17.7 Å². The molecule has 0 aliphatic carbocycles. The third-order valence-electron chi connectivity index (χ3n) is 5.85. The van der Waals surface area contributed by atoms with Crippen LogP contribution in [0.2, 0.25) is 0 Å². The lowest BCUT2D eigenvalue weighted by molar-refractivity contribution is -0.140. The third kappa shape index (κ3) is 5.99. The second kappa shape index (κ2) is 13.0. The van der Waals surface area contributed by atoms with Crippen molar-refractivity contribution in [1.82, 2.24) is 4.90 Å². The number of amides is 1. The molecule has 0 saturated carbocycles. The third-order valence-corrected chi connectivity index (χ3v) is 5.85. The highest BCUT2D eigenvalue weighted by Gasteiger charge is 2.46. The van der Waals surface area contributed by atoms with Crippen molar-refractivity contribution in [3.63, 3.8) is 0 Å². The Morgan fingerprint density at radius 1 is 0.917 bits per heavy atom. The molecule has 36 heavy (non-hydrogen) atoms. The molecule has 0 radical (unpaired) electrons. The summed E-state index contributed by atoms with van der Waals surface area (Å²) >= 11 is 0. The predicted octanol–water partition coefficient (Wildman–Crippen LogP) is 4.73. The van der Waals surface area contributed by atoms with E-state index in [1.54, 1.807) is 42.5 Å². The Morgan fingerprint density at radius 2 is 1.64 bits per heavy atom. The van der Waals surface area contributed by atoms with Gasteiger partial charge in [0.2, 0.25) is 0 Å². The van der Waals surface area contributed by atoms with Crippen molar-refractivity contribution in [1.29, 1.82) is 0 Å². The number of hydrogen-bond donors (Lipinski definition) is 1. The second-order valence-corrected chi connectivity index (χ2v) is 8.28. The Bertz CT molecular complexity index is 1080. The van der Waals surface area contributed by atoms with Crippen LogP contribution in [0.15, 0.2) is 48.0 Å². The van der Waals surface area contributed by atoms with Crippen LogP contribution in [0.5, 0.6) is 17.2 Å². The number of benzene rings is 2. The molecule has 1 saturated heterocycles. The van der Waals surface area contributed by atoms with Crippen molar-refractivity contribution in [2.75, 3.05) is 40.1 Å². The van der Waals surface area contributed by atoms with Gasteiger partial charge in [-0.3, -0.25) is 9.59 Å². The van der Waals surface area contributed by atoms with Crippen LogP contribution in [0.25, 0.3) is 5.76 Å². The minimum atomic E-state index is -0.810. The molecule has 1 N–H and O–H groups in total. The maximum absolute atomic E-state index is 13.2. The summed E-state index contributed by atoms with van der Waals surface area (Å²) in [6.07, 6.45) is 1.91. The zero-order valence-electron chi connectivity index (χ0n) is 21.4. The van der Waals surface area contributed by atoms with Gasteiger partial charge >= 0.3 is 0 Å². The van der Waals surface area contributed by atoms with E-state index in [1.807, 2.05) is 13.8 Å². The van der Waals surface area contributed by atoms with E-state index in [4.69, 9.17) is 18.9 Å². The lowest BCUT2D eigenvalue weighted by Crippen LogP contribution is -2.32. The van der Waals surface area contributed by atoms with Crippen molar-refractivity contribution >= 4 is 17.4 Å². The summed E-state index contributed by atoms with van der Waals surface area (Å²) in [5.41, 5.74) is 1.06. The van der Waals surface area contributed by atoms with Crippen LogP contribution >= 0.6 is 0 Å². The van der Waals surface area contributed by atoms with E-state index in [9.17, 15) is 14.7 Å². The van der Waals surface area contributed by atoms with Crippen molar-refractivity contribution in [2.24, 2.45) is 0 Å². The molecule has 8 heteroatoms. The van der Waals surface area contributed by atoms with Gasteiger partial charge in [-0.15, -0.1) is 0 Å². The molecule has 194 valence electrons. The first-order valence-corrected chi connectivity index (χ1v) is 12.4. The maximum Gasteiger partial charge on any atom is 0.295 e. The first-order chi connectivity index (χ1) is 17.5. The number of likely N-dealkylation sites (tertiary alicyclic amines) is 1. The SMILES string of the molecule is CCCCOc1ccc(C2C(=C(O)c3ccc(OCC)cc3)C(=O)C(=O)N2CCOC)cc1OCC. The highest BCUT2D eigenvalue weighted by Crippen LogP contribution is 2.42. The normalized spacial score (nSPS) is 16.9. The first-order valence-electron chi connectivity index (χ1n) is 12.4. The molecule has 1 heterocycles. The Balaban J connectivity index is 2.09. The number of aliphatic hydroxyl groups is 1. The number of ether oxygens (including phenoxy) is 4. The molecule has 1 fully saturated rings. The fourth-order valence-corrected chi connectivity index (χ4v) is 4.09. The minimum absolute atomic E-state index is 0.0161. The molecule has 1 amide bonds. The summed E-state index contributed by atoms with van der Waals surface area (Å²) < 4.78 is 22.4. The van der Waals surface area contributed by atoms with Crippen LogP contribution in [0, 0.1) is 0 Å². The summed E-state index contributed by atoms with van der Waals surface area (Å²) in [7, 11) is 1.53. The van der Waals surface area contributed by atoms with Gasteiger partial charge in [0.25, 0.3) is 11.7 Å². The number of aliphatic hydroxyl groups excluding tert-OH is 1. The molecule has 0 bridgehead atoms. The molecular formula is C28H35NO7. The van der Waals surface area contributed by atoms with Crippen LogP contribution in [-0.4, -0.2) is 61.8 Å². The molecule has 8 nitrogen and oxygen atoms in total. The molecule has 1 atom stereocenters. The van der Waals surface area contributed by atoms with Gasteiger partial charge < -0.3 is 29.0 Å². The minimum Gasteiger partial charge on any atom is -0.507 e. The van der Waals surface area contributed by atoms with Gasteiger partial charge in [-0.1, -0.05) is 19.4 Å². The van der Waals surface area contributed by atoms with Gasteiger partial charge in [-0.2, -0.15) is 0 Å². The lowest BCUT2D eigenvalue weighted by atomic mass is 9.95. The van der Waals surface area contributed by atoms with Gasteiger partial charge in [0.1, 0.15) is 11.5 Å². The van der Waals surface area contributed by atoms with Gasteiger partial charge in [-0.05, 0) is 62.2 Å². The number of rotatable bonds is 13. The van der Waals surface area contributed by atoms with Gasteiger partial charge in [0.05, 0.1) is 38.0 Å². The summed E-state index contributed by atoms with van der Waals surface area (Å²) in [4.78, 5) is 27.6. The van der Waals surface area contributed by atoms with Crippen LogP contribution in [0.4, 0.5) is 0 Å². The maximum atomic E-state index is 13.2. The van der Waals surface area contributed by atoms with Gasteiger partial charge in [0.15, 0.2) is 11.5 Å². The highest BCUT2D eigenvalue weighted by atomic mass is 16.5. The number of Topliss-reactive ketones (excluding diaryl/α,β-unsaturated/α-hetero) is 1. The lowest BCUT2D eigenvalue weighted by Gasteiger charge is -2.26. The fraction of sp³-hybridized carbons (Fsp3) is 0.429. The molecule has 0 spiro atoms. The number of nitrogens with zero attached hydrogens (tertiary/aromatic N) is 1. The van der Waals surface area contributed by atoms with Crippen molar-refractivity contribution in [3.05, 3.63) is 59.2 Å². The van der Waals surface area contributed by atoms with Crippen LogP contribution in [0.1, 0.15) is 50.8 Å². The van der Waals surface area contributed by atoms with Crippen molar-refractivity contribution < 1.29 is 33.6 Å². The van der Waals surface area contributed by atoms with Crippen molar-refractivity contribution in [3.8, 4) is 17.2 Å². The number of hydrogen-bond acceptors (Lipinski definition) is 7. The first kappa shape index (κ1) is 27.1. The van der Waals surface area contributed by atoms with Crippen LogP contribution < -0.4 is 14.2 Å². The number of methoxy groups -OCH3 is 1. The predicted molar refractivity (Wildman–Crippen MR) is 137 cm³/mol. The molecule has 2 aromatic carbocycles. The van der Waals surface area contributed by atoms with E-state index in [2.05, 4.69) is 6.92 Å². The van der Waals surface area contributed by atoms with Gasteiger partial charge in [0, 0.05) is 19.2 Å². The number of carbonyl (C=O) groups excluding carboxylic acids is 2. The Labute approximate surface area is 212 Å². The molecule has 3 rings (SSSR count). The number of unbranched alkanes of at least 4 members (excludes halogenated alkanes) is 1. The van der Waals surface area contributed by atoms with E-state index in [1.165, 1.54) is 12.0 Å². The van der Waals surface area contributed by atoms with E-state index >= 15 is 0 Å². The molecule has 1 unspecified atom stereocenters. The average Bonchev–Trinajstić information content (AvgIpc) is 3.13. The number of ketones is 1. The summed E-state index contributed by atoms with van der Waals surface area (Å²) in [5.74, 6) is 0.0714. The van der Waals surface area contributed by atoms with E-state index in [-0.39, 0.29) is 24.5 Å². The van der Waals surface area contributed by atoms with Gasteiger partial charge in [-0.25, -0.2) is 0 Å². The Kier molecular flexibility index (Phi) is 9.76. The topological polar surface area (TPSA) is 94.5 Å². The smallest absolute Gasteiger partial charge is 0.295 e. The second-order valence-electron chi connectivity index (χ2n) is 8.28. The zero-order valence-corrected chi connectivity index (χ0v) is 21.4. The van der Waals surface area contributed by atoms with Crippen LogP contribution in [-0.2, 0) is 14.3 Å². The standard InChI is InChI=1S/C28H35NO7/c1-5-8-16-36-22-14-11-20(18-23(22)35-7-3)25-24(27(31)28(32)29(25)15-17-33-4)26(30)19-9-12-21(13-10-19)34-6-2/h9-14,18,25,30H,5-8,15-17H2,1-4H3. The monoisotopic (exact) mass is 497 g/mol. The zero-order chi connectivity index (χ0) is 26.1.